The van der Waals surface area contributed by atoms with Crippen molar-refractivity contribution in [3.63, 3.8) is 0 Å². The molecular formula is C16H19I3O2. The Hall–Kier alpha value is 0.880. The summed E-state index contributed by atoms with van der Waals surface area (Å²) in [6.07, 6.45) is 9.08. The molecule has 2 rings (SSSR count). The van der Waals surface area contributed by atoms with Crippen molar-refractivity contribution >= 4 is 73.7 Å². The molecule has 0 saturated heterocycles. The Morgan fingerprint density at radius 2 is 1.86 bits per heavy atom. The average molecular weight is 624 g/mol. The zero-order chi connectivity index (χ0) is 15.2. The van der Waals surface area contributed by atoms with E-state index in [1.807, 2.05) is 6.07 Å². The van der Waals surface area contributed by atoms with Crippen LogP contribution in [0.2, 0.25) is 0 Å². The third kappa shape index (κ3) is 5.78. The van der Waals surface area contributed by atoms with Gasteiger partial charge in [0.05, 0.1) is 12.2 Å². The molecule has 21 heavy (non-hydrogen) atoms. The molecule has 1 fully saturated rings. The summed E-state index contributed by atoms with van der Waals surface area (Å²) in [5, 5.41) is 0. The zero-order valence-corrected chi connectivity index (χ0v) is 18.3. The van der Waals surface area contributed by atoms with Gasteiger partial charge in [-0.25, -0.2) is 4.79 Å². The van der Waals surface area contributed by atoms with Crippen LogP contribution in [-0.2, 0) is 4.74 Å². The van der Waals surface area contributed by atoms with Crippen molar-refractivity contribution in [2.75, 3.05) is 6.61 Å². The van der Waals surface area contributed by atoms with Gasteiger partial charge in [0.2, 0.25) is 0 Å². The maximum Gasteiger partial charge on any atom is 0.339 e. The van der Waals surface area contributed by atoms with Crippen LogP contribution in [0.1, 0.15) is 55.3 Å². The number of rotatable bonds is 5. The number of carbonyl (C=O) groups is 1. The highest BCUT2D eigenvalue weighted by Crippen LogP contribution is 2.27. The fourth-order valence-electron chi connectivity index (χ4n) is 2.79. The van der Waals surface area contributed by atoms with Crippen LogP contribution in [0.15, 0.2) is 12.1 Å². The van der Waals surface area contributed by atoms with E-state index in [0.717, 1.165) is 23.0 Å². The summed E-state index contributed by atoms with van der Waals surface area (Å²) in [6, 6.07) is 3.98. The zero-order valence-electron chi connectivity index (χ0n) is 11.8. The fraction of sp³-hybridized carbons (Fsp3) is 0.562. The van der Waals surface area contributed by atoms with Gasteiger partial charge in [-0.05, 0) is 98.7 Å². The van der Waals surface area contributed by atoms with Gasteiger partial charge in [0, 0.05) is 10.7 Å². The third-order valence-electron chi connectivity index (χ3n) is 3.93. The van der Waals surface area contributed by atoms with Crippen molar-refractivity contribution in [2.45, 2.75) is 44.9 Å². The van der Waals surface area contributed by atoms with Crippen molar-refractivity contribution < 1.29 is 9.53 Å². The molecule has 0 N–H and O–H groups in total. The molecule has 0 amide bonds. The summed E-state index contributed by atoms with van der Waals surface area (Å²) in [7, 11) is 0. The molecular weight excluding hydrogens is 605 g/mol. The Morgan fingerprint density at radius 1 is 1.14 bits per heavy atom. The molecule has 116 valence electrons. The molecule has 0 bridgehead atoms. The van der Waals surface area contributed by atoms with E-state index >= 15 is 0 Å². The van der Waals surface area contributed by atoms with E-state index in [2.05, 4.69) is 73.8 Å². The van der Waals surface area contributed by atoms with Crippen LogP contribution in [0, 0.1) is 16.6 Å². The fourth-order valence-corrected chi connectivity index (χ4v) is 5.17. The lowest BCUT2D eigenvalue weighted by Crippen LogP contribution is -2.11. The lowest BCUT2D eigenvalue weighted by Gasteiger charge is -2.21. The van der Waals surface area contributed by atoms with Gasteiger partial charge >= 0.3 is 5.97 Å². The lowest BCUT2D eigenvalue weighted by atomic mass is 9.86. The van der Waals surface area contributed by atoms with Gasteiger partial charge in [-0.15, -0.1) is 0 Å². The maximum atomic E-state index is 12.2. The Morgan fingerprint density at radius 3 is 2.57 bits per heavy atom. The van der Waals surface area contributed by atoms with Gasteiger partial charge in [-0.2, -0.15) is 0 Å². The van der Waals surface area contributed by atoms with Gasteiger partial charge < -0.3 is 4.74 Å². The van der Waals surface area contributed by atoms with Gasteiger partial charge in [-0.3, -0.25) is 0 Å². The Balaban J connectivity index is 1.79. The largest absolute Gasteiger partial charge is 0.462 e. The van der Waals surface area contributed by atoms with Crippen LogP contribution in [0.4, 0.5) is 0 Å². The molecule has 0 unspecified atom stereocenters. The smallest absolute Gasteiger partial charge is 0.339 e. The normalized spacial score (nSPS) is 16.0. The van der Waals surface area contributed by atoms with E-state index in [0.29, 0.717) is 12.2 Å². The number of carbonyl (C=O) groups excluding carboxylic acids is 1. The minimum Gasteiger partial charge on any atom is -0.462 e. The number of ether oxygens (including phenoxy) is 1. The molecule has 0 aliphatic heterocycles. The Kier molecular flexibility index (Phi) is 8.02. The van der Waals surface area contributed by atoms with E-state index in [-0.39, 0.29) is 5.97 Å². The third-order valence-corrected chi connectivity index (χ3v) is 7.60. The van der Waals surface area contributed by atoms with Gasteiger partial charge in [0.15, 0.2) is 0 Å². The summed E-state index contributed by atoms with van der Waals surface area (Å²) in [5.41, 5.74) is 0.699. The second-order valence-corrected chi connectivity index (χ2v) is 9.02. The highest BCUT2D eigenvalue weighted by atomic mass is 127. The van der Waals surface area contributed by atoms with Crippen LogP contribution in [0.5, 0.6) is 0 Å². The van der Waals surface area contributed by atoms with Crippen LogP contribution in [0.25, 0.3) is 0 Å². The second-order valence-electron chi connectivity index (χ2n) is 5.53. The highest BCUT2D eigenvalue weighted by molar-refractivity contribution is 14.1. The van der Waals surface area contributed by atoms with E-state index in [4.69, 9.17) is 4.74 Å². The van der Waals surface area contributed by atoms with Crippen LogP contribution in [0.3, 0.4) is 0 Å². The van der Waals surface area contributed by atoms with Gasteiger partial charge in [0.1, 0.15) is 0 Å². The molecule has 0 heterocycles. The van der Waals surface area contributed by atoms with Gasteiger partial charge in [0.25, 0.3) is 0 Å². The first-order chi connectivity index (χ1) is 10.1. The SMILES string of the molecule is O=C(OCCCC1CCCCC1)c1cc(I)cc(I)c1I. The first kappa shape index (κ1) is 18.2. The Bertz CT molecular complexity index is 497. The maximum absolute atomic E-state index is 12.2. The highest BCUT2D eigenvalue weighted by Gasteiger charge is 2.16. The molecule has 1 aliphatic carbocycles. The molecule has 0 aromatic heterocycles. The minimum atomic E-state index is -0.181. The molecule has 1 saturated carbocycles. The van der Waals surface area contributed by atoms with Gasteiger partial charge in [-0.1, -0.05) is 32.1 Å². The number of hydrogen-bond donors (Lipinski definition) is 0. The molecule has 2 nitrogen and oxygen atoms in total. The van der Waals surface area contributed by atoms with Crippen molar-refractivity contribution in [3.8, 4) is 0 Å². The number of hydrogen-bond acceptors (Lipinski definition) is 2. The first-order valence-electron chi connectivity index (χ1n) is 7.39. The van der Waals surface area contributed by atoms with Crippen molar-refractivity contribution in [1.29, 1.82) is 0 Å². The molecule has 1 aromatic carbocycles. The summed E-state index contributed by atoms with van der Waals surface area (Å²) < 4.78 is 8.63. The Labute approximate surface area is 167 Å². The van der Waals surface area contributed by atoms with Crippen LogP contribution in [-0.4, -0.2) is 12.6 Å². The molecule has 0 spiro atoms. The molecule has 5 heteroatoms. The minimum absolute atomic E-state index is 0.181. The molecule has 0 atom stereocenters. The molecule has 1 aromatic rings. The monoisotopic (exact) mass is 624 g/mol. The summed E-state index contributed by atoms with van der Waals surface area (Å²) >= 11 is 6.72. The average Bonchev–Trinajstić information content (AvgIpc) is 2.48. The summed E-state index contributed by atoms with van der Waals surface area (Å²) in [5.74, 6) is 0.677. The topological polar surface area (TPSA) is 26.3 Å². The lowest BCUT2D eigenvalue weighted by molar-refractivity contribution is 0.0490. The van der Waals surface area contributed by atoms with E-state index < -0.39 is 0 Å². The van der Waals surface area contributed by atoms with E-state index in [1.54, 1.807) is 0 Å². The number of esters is 1. The number of benzene rings is 1. The van der Waals surface area contributed by atoms with E-state index in [1.165, 1.54) is 38.5 Å². The predicted molar refractivity (Wildman–Crippen MR) is 111 cm³/mol. The van der Waals surface area contributed by atoms with E-state index in [9.17, 15) is 4.79 Å². The van der Waals surface area contributed by atoms with Crippen molar-refractivity contribution in [3.05, 3.63) is 28.4 Å². The quantitative estimate of drug-likeness (QED) is 0.174. The van der Waals surface area contributed by atoms with Crippen molar-refractivity contribution in [2.24, 2.45) is 5.92 Å². The number of halogens is 3. The second kappa shape index (κ2) is 9.24. The summed E-state index contributed by atoms with van der Waals surface area (Å²) in [6.45, 7) is 0.549. The standard InChI is InChI=1S/C16H19I3O2/c17-12-9-13(15(19)14(18)10-12)16(20)21-8-4-7-11-5-2-1-3-6-11/h9-11H,1-8H2. The summed E-state index contributed by atoms with van der Waals surface area (Å²) in [4.78, 5) is 12.2. The van der Waals surface area contributed by atoms with Crippen molar-refractivity contribution in [1.82, 2.24) is 0 Å². The van der Waals surface area contributed by atoms with Crippen LogP contribution >= 0.6 is 67.8 Å². The molecule has 0 radical (unpaired) electrons. The predicted octanol–water partition coefficient (Wildman–Crippen LogP) is 6.02. The molecule has 1 aliphatic rings. The first-order valence-corrected chi connectivity index (χ1v) is 10.6. The van der Waals surface area contributed by atoms with Crippen LogP contribution < -0.4 is 0 Å².